The monoisotopic (exact) mass is 392 g/mol. The van der Waals surface area contributed by atoms with Crippen molar-refractivity contribution in [2.24, 2.45) is 5.73 Å². The molecule has 5 rings (SSSR count). The van der Waals surface area contributed by atoms with E-state index < -0.39 is 5.91 Å². The minimum absolute atomic E-state index is 0.00880. The number of nitrogens with zero attached hydrogens (tertiary/aromatic N) is 4. The van der Waals surface area contributed by atoms with Crippen LogP contribution in [0.3, 0.4) is 0 Å². The third-order valence-electron chi connectivity index (χ3n) is 5.75. The van der Waals surface area contributed by atoms with E-state index in [1.165, 1.54) is 12.8 Å². The zero-order valence-electron chi connectivity index (χ0n) is 16.7. The number of fused-ring (bicyclic) bond motifs is 1. The van der Waals surface area contributed by atoms with Gasteiger partial charge in [0, 0.05) is 30.3 Å². The molecule has 0 bridgehead atoms. The summed E-state index contributed by atoms with van der Waals surface area (Å²) in [4.78, 5) is 30.2. The maximum Gasteiger partial charge on any atom is 0.253 e. The minimum atomic E-state index is -0.533. The van der Waals surface area contributed by atoms with Crippen molar-refractivity contribution in [2.75, 3.05) is 5.32 Å². The smallest absolute Gasteiger partial charge is 0.253 e. The van der Waals surface area contributed by atoms with Crippen LogP contribution in [-0.2, 0) is 12.8 Å². The van der Waals surface area contributed by atoms with Gasteiger partial charge in [-0.05, 0) is 51.5 Å². The minimum Gasteiger partial charge on any atom is -0.442 e. The Morgan fingerprint density at radius 1 is 1.24 bits per heavy atom. The van der Waals surface area contributed by atoms with Crippen LogP contribution in [0.25, 0.3) is 11.1 Å². The Morgan fingerprint density at radius 3 is 2.59 bits per heavy atom. The van der Waals surface area contributed by atoms with Gasteiger partial charge in [0.15, 0.2) is 0 Å². The first kappa shape index (κ1) is 18.0. The summed E-state index contributed by atoms with van der Waals surface area (Å²) in [6, 6.07) is 0. The predicted octanol–water partition coefficient (Wildman–Crippen LogP) is 3.05. The van der Waals surface area contributed by atoms with Crippen molar-refractivity contribution in [1.29, 1.82) is 0 Å². The van der Waals surface area contributed by atoms with Gasteiger partial charge in [0.25, 0.3) is 5.91 Å². The Hall–Kier alpha value is -3.03. The summed E-state index contributed by atoms with van der Waals surface area (Å²) < 4.78 is 5.76. The summed E-state index contributed by atoms with van der Waals surface area (Å²) in [5.74, 6) is 2.70. The lowest BCUT2D eigenvalue weighted by Gasteiger charge is -2.14. The highest BCUT2D eigenvalue weighted by Gasteiger charge is 2.38. The molecule has 0 atom stereocenters. The summed E-state index contributed by atoms with van der Waals surface area (Å²) in [7, 11) is 0. The predicted molar refractivity (Wildman–Crippen MR) is 108 cm³/mol. The molecular weight excluding hydrogens is 368 g/mol. The van der Waals surface area contributed by atoms with Crippen LogP contribution >= 0.6 is 0 Å². The molecule has 1 amide bonds. The van der Waals surface area contributed by atoms with Crippen LogP contribution in [0.5, 0.6) is 0 Å². The number of carbonyl (C=O) groups is 1. The number of nitrogens with one attached hydrogen (secondary N) is 1. The molecule has 3 aromatic rings. The number of aryl methyl sites for hydroxylation is 3. The van der Waals surface area contributed by atoms with E-state index >= 15 is 0 Å². The van der Waals surface area contributed by atoms with Gasteiger partial charge in [-0.1, -0.05) is 0 Å². The number of aromatic nitrogens is 4. The van der Waals surface area contributed by atoms with Gasteiger partial charge in [-0.15, -0.1) is 0 Å². The molecule has 2 saturated carbocycles. The molecule has 29 heavy (non-hydrogen) atoms. The standard InChI is InChI=1S/C21H24N6O2/c1-11-15(17(22)28)16-19(27-21(2)7-8-21)25-14(26-20(16)29-11)6-3-12-9-23-18(24-10-12)13-4-5-13/h9-10,13H,3-8H2,1-2H3,(H2,22,28)(H,25,26,27). The molecule has 0 radical (unpaired) electrons. The fourth-order valence-corrected chi connectivity index (χ4v) is 3.56. The van der Waals surface area contributed by atoms with Crippen LogP contribution in [0, 0.1) is 6.92 Å². The summed E-state index contributed by atoms with van der Waals surface area (Å²) in [6.45, 7) is 3.86. The van der Waals surface area contributed by atoms with E-state index in [4.69, 9.17) is 15.1 Å². The van der Waals surface area contributed by atoms with Gasteiger partial charge in [0.05, 0.1) is 10.9 Å². The quantitative estimate of drug-likeness (QED) is 0.634. The van der Waals surface area contributed by atoms with Crippen LogP contribution in [0.1, 0.15) is 71.9 Å². The number of amides is 1. The highest BCUT2D eigenvalue weighted by molar-refractivity contribution is 6.09. The zero-order chi connectivity index (χ0) is 20.2. The summed E-state index contributed by atoms with van der Waals surface area (Å²) in [5, 5.41) is 4.04. The number of rotatable bonds is 7. The Kier molecular flexibility index (Phi) is 4.04. The van der Waals surface area contributed by atoms with Gasteiger partial charge in [-0.25, -0.2) is 15.0 Å². The van der Waals surface area contributed by atoms with Gasteiger partial charge in [-0.3, -0.25) is 4.79 Å². The Balaban J connectivity index is 1.44. The highest BCUT2D eigenvalue weighted by atomic mass is 16.3. The number of primary amides is 1. The van der Waals surface area contributed by atoms with Crippen LogP contribution in [0.2, 0.25) is 0 Å². The molecule has 3 heterocycles. The SMILES string of the molecule is Cc1oc2nc(CCc3cnc(C4CC4)nc3)nc(NC3(C)CC3)c2c1C(N)=O. The van der Waals surface area contributed by atoms with Crippen LogP contribution < -0.4 is 11.1 Å². The van der Waals surface area contributed by atoms with Gasteiger partial charge in [0.2, 0.25) is 5.71 Å². The Morgan fingerprint density at radius 2 is 1.97 bits per heavy atom. The van der Waals surface area contributed by atoms with Gasteiger partial charge >= 0.3 is 0 Å². The number of hydrogen-bond donors (Lipinski definition) is 2. The van der Waals surface area contributed by atoms with E-state index in [2.05, 4.69) is 27.2 Å². The molecule has 8 heteroatoms. The first-order chi connectivity index (χ1) is 13.9. The molecule has 0 unspecified atom stereocenters. The van der Waals surface area contributed by atoms with E-state index in [0.717, 1.165) is 30.7 Å². The van der Waals surface area contributed by atoms with Crippen LogP contribution in [0.15, 0.2) is 16.8 Å². The van der Waals surface area contributed by atoms with Crippen LogP contribution in [0.4, 0.5) is 5.82 Å². The van der Waals surface area contributed by atoms with Crippen molar-refractivity contribution < 1.29 is 9.21 Å². The summed E-state index contributed by atoms with van der Waals surface area (Å²) >= 11 is 0. The third kappa shape index (κ3) is 3.54. The van der Waals surface area contributed by atoms with E-state index in [0.29, 0.717) is 46.4 Å². The average molecular weight is 392 g/mol. The van der Waals surface area contributed by atoms with Crippen molar-refractivity contribution in [1.82, 2.24) is 19.9 Å². The molecule has 150 valence electrons. The summed E-state index contributed by atoms with van der Waals surface area (Å²) in [6.07, 6.45) is 9.64. The van der Waals surface area contributed by atoms with Crippen molar-refractivity contribution in [3.63, 3.8) is 0 Å². The fraction of sp³-hybridized carbons (Fsp3) is 0.476. The number of anilines is 1. The molecule has 0 spiro atoms. The second-order valence-electron chi connectivity index (χ2n) is 8.48. The summed E-state index contributed by atoms with van der Waals surface area (Å²) in [5.41, 5.74) is 7.38. The maximum atomic E-state index is 12.0. The van der Waals surface area contributed by atoms with Crippen molar-refractivity contribution in [2.45, 2.75) is 63.8 Å². The molecule has 3 aromatic heterocycles. The van der Waals surface area contributed by atoms with E-state index in [-0.39, 0.29) is 5.54 Å². The lowest BCUT2D eigenvalue weighted by molar-refractivity contribution is 0.1000. The fourth-order valence-electron chi connectivity index (χ4n) is 3.56. The first-order valence-electron chi connectivity index (χ1n) is 10.1. The van der Waals surface area contributed by atoms with Crippen molar-refractivity contribution in [3.8, 4) is 0 Å². The number of furan rings is 1. The first-order valence-corrected chi connectivity index (χ1v) is 10.1. The normalized spacial score (nSPS) is 17.4. The third-order valence-corrected chi connectivity index (χ3v) is 5.75. The molecule has 0 aromatic carbocycles. The molecule has 2 fully saturated rings. The average Bonchev–Trinajstić information content (AvgIpc) is 3.60. The molecule has 0 aliphatic heterocycles. The second kappa shape index (κ2) is 6.50. The number of hydrogen-bond acceptors (Lipinski definition) is 7. The van der Waals surface area contributed by atoms with Crippen molar-refractivity contribution >= 4 is 22.8 Å². The van der Waals surface area contributed by atoms with E-state index in [1.54, 1.807) is 6.92 Å². The second-order valence-corrected chi connectivity index (χ2v) is 8.48. The lowest BCUT2D eigenvalue weighted by atomic mass is 10.1. The number of nitrogens with two attached hydrogens (primary N) is 1. The van der Waals surface area contributed by atoms with E-state index in [1.807, 2.05) is 12.4 Å². The molecule has 2 aliphatic carbocycles. The Labute approximate surface area is 168 Å². The van der Waals surface area contributed by atoms with Gasteiger partial charge < -0.3 is 15.5 Å². The largest absolute Gasteiger partial charge is 0.442 e. The van der Waals surface area contributed by atoms with Crippen molar-refractivity contribution in [3.05, 3.63) is 40.9 Å². The number of carbonyl (C=O) groups excluding carboxylic acids is 1. The topological polar surface area (TPSA) is 120 Å². The lowest BCUT2D eigenvalue weighted by Crippen LogP contribution is -2.19. The van der Waals surface area contributed by atoms with Gasteiger partial charge in [-0.2, -0.15) is 4.98 Å². The van der Waals surface area contributed by atoms with Crippen LogP contribution in [-0.4, -0.2) is 31.4 Å². The maximum absolute atomic E-state index is 12.0. The molecule has 3 N–H and O–H groups in total. The highest BCUT2D eigenvalue weighted by Crippen LogP contribution is 2.40. The molecule has 0 saturated heterocycles. The molecular formula is C21H24N6O2. The zero-order valence-corrected chi connectivity index (χ0v) is 16.7. The Bertz CT molecular complexity index is 1100. The molecule has 8 nitrogen and oxygen atoms in total. The van der Waals surface area contributed by atoms with E-state index in [9.17, 15) is 4.79 Å². The molecule has 2 aliphatic rings. The van der Waals surface area contributed by atoms with Gasteiger partial charge in [0.1, 0.15) is 23.2 Å².